The van der Waals surface area contributed by atoms with Crippen LogP contribution >= 0.6 is 0 Å². The summed E-state index contributed by atoms with van der Waals surface area (Å²) in [6, 6.07) is -4.05. The predicted octanol–water partition coefficient (Wildman–Crippen LogP) is -1.56. The van der Waals surface area contributed by atoms with E-state index in [9.17, 15) is 44.2 Å². The minimum atomic E-state index is -1.62. The van der Waals surface area contributed by atoms with Gasteiger partial charge in [-0.2, -0.15) is 0 Å². The van der Waals surface area contributed by atoms with Crippen LogP contribution in [-0.2, 0) is 34.0 Å². The number of guanidine groups is 1. The molecule has 0 unspecified atom stereocenters. The fourth-order valence-electron chi connectivity index (χ4n) is 5.20. The van der Waals surface area contributed by atoms with Gasteiger partial charge in [0, 0.05) is 23.5 Å². The van der Waals surface area contributed by atoms with Gasteiger partial charge in [-0.1, -0.05) is 13.8 Å². The maximum absolute atomic E-state index is 13.3. The largest absolute Gasteiger partial charge is 0.481 e. The number of hydroxylamine groups is 2. The first-order valence-electron chi connectivity index (χ1n) is 14.3. The summed E-state index contributed by atoms with van der Waals surface area (Å²) in [7, 11) is 0. The first-order valence-corrected chi connectivity index (χ1v) is 14.3. The number of nitrogens with one attached hydrogen (secondary N) is 4. The highest BCUT2D eigenvalue weighted by molar-refractivity contribution is 5.95. The van der Waals surface area contributed by atoms with E-state index in [1.807, 2.05) is 0 Å². The van der Waals surface area contributed by atoms with Gasteiger partial charge >= 0.3 is 11.9 Å². The van der Waals surface area contributed by atoms with Crippen LogP contribution < -0.4 is 32.7 Å². The van der Waals surface area contributed by atoms with Crippen molar-refractivity contribution in [3.63, 3.8) is 0 Å². The molecule has 1 fully saturated rings. The molecular formula is C27H47N8O9. The number of aliphatic carboxylic acids is 2. The van der Waals surface area contributed by atoms with Gasteiger partial charge in [0.15, 0.2) is 5.96 Å². The third-order valence-electron chi connectivity index (χ3n) is 7.22. The molecule has 1 saturated heterocycles. The van der Waals surface area contributed by atoms with Crippen molar-refractivity contribution in [2.75, 3.05) is 13.1 Å². The molecular weight excluding hydrogens is 580 g/mol. The zero-order chi connectivity index (χ0) is 34.0. The molecule has 17 nitrogen and oxygen atoms in total. The van der Waals surface area contributed by atoms with Gasteiger partial charge in [0.05, 0.1) is 13.0 Å². The molecule has 0 saturated carbocycles. The number of rotatable bonds is 16. The average Bonchev–Trinajstić information content (AvgIpc) is 2.88. The minimum Gasteiger partial charge on any atom is -0.481 e. The van der Waals surface area contributed by atoms with Crippen LogP contribution in [0.3, 0.4) is 0 Å². The first-order chi connectivity index (χ1) is 20.2. The van der Waals surface area contributed by atoms with E-state index in [1.165, 1.54) is 0 Å². The first kappa shape index (κ1) is 38.0. The number of carbonyl (C=O) groups excluding carboxylic acids is 4. The van der Waals surface area contributed by atoms with E-state index in [2.05, 4.69) is 26.3 Å². The van der Waals surface area contributed by atoms with Gasteiger partial charge in [-0.15, -0.1) is 10.3 Å². The van der Waals surface area contributed by atoms with Gasteiger partial charge in [0.25, 0.3) is 0 Å². The zero-order valence-corrected chi connectivity index (χ0v) is 26.1. The van der Waals surface area contributed by atoms with E-state index >= 15 is 0 Å². The Balaban J connectivity index is 2.97. The smallest absolute Gasteiger partial charge is 0.326 e. The summed E-state index contributed by atoms with van der Waals surface area (Å²) in [5.74, 6) is -7.13. The lowest BCUT2D eigenvalue weighted by Gasteiger charge is -2.49. The molecule has 249 valence electrons. The summed E-state index contributed by atoms with van der Waals surface area (Å²) >= 11 is 0. The van der Waals surface area contributed by atoms with Crippen molar-refractivity contribution >= 4 is 41.5 Å². The third kappa shape index (κ3) is 11.9. The Bertz CT molecular complexity index is 1090. The number of piperidine rings is 1. The topological polar surface area (TPSA) is 279 Å². The molecule has 4 amide bonds. The number of carboxylic acid groups (broad SMARTS) is 2. The molecule has 44 heavy (non-hydrogen) atoms. The van der Waals surface area contributed by atoms with Crippen molar-refractivity contribution in [2.45, 2.75) is 103 Å². The quantitative estimate of drug-likeness (QED) is 0.0550. The molecule has 1 radical (unpaired) electrons. The van der Waals surface area contributed by atoms with Crippen molar-refractivity contribution in [2.24, 2.45) is 28.3 Å². The standard InChI is InChI=1S/C27H47N8O9/c1-14(2)20(24(42)43)34-23(41)17(10-19(37)38)32-18(36)13-31-22(40)16(8-7-9-30-25(28)29)33-21(39)15-11-26(3,4)35(44)27(5,6)12-15/h14-17,20H,7-13H2,1-6H3,(H,31,40)(H,32,36)(H,33,39)(H,34,41)(H,37,38)(H,42,43)(H4,28,29,30)/t16-,17-,20-/m0/s1. The number of hydrogen-bond donors (Lipinski definition) is 8. The van der Waals surface area contributed by atoms with Gasteiger partial charge in [-0.25, -0.2) is 4.79 Å². The molecule has 1 heterocycles. The number of aliphatic imine (C=N–C) groups is 1. The number of carbonyl (C=O) groups is 6. The molecule has 1 aliphatic heterocycles. The normalized spacial score (nSPS) is 18.3. The monoisotopic (exact) mass is 627 g/mol. The van der Waals surface area contributed by atoms with Crippen LogP contribution in [0.2, 0.25) is 0 Å². The van der Waals surface area contributed by atoms with Crippen molar-refractivity contribution in [3.05, 3.63) is 0 Å². The van der Waals surface area contributed by atoms with E-state index in [4.69, 9.17) is 11.5 Å². The molecule has 0 spiro atoms. The van der Waals surface area contributed by atoms with Crippen molar-refractivity contribution in [3.8, 4) is 0 Å². The van der Waals surface area contributed by atoms with E-state index < -0.39 is 89.6 Å². The highest BCUT2D eigenvalue weighted by atomic mass is 16.5. The van der Waals surface area contributed by atoms with Gasteiger partial charge in [0.1, 0.15) is 18.1 Å². The Hall–Kier alpha value is -3.99. The predicted molar refractivity (Wildman–Crippen MR) is 157 cm³/mol. The second-order valence-corrected chi connectivity index (χ2v) is 12.5. The molecule has 0 bridgehead atoms. The van der Waals surface area contributed by atoms with Crippen LogP contribution in [0, 0.1) is 11.8 Å². The third-order valence-corrected chi connectivity index (χ3v) is 7.22. The van der Waals surface area contributed by atoms with E-state index in [0.29, 0.717) is 6.42 Å². The van der Waals surface area contributed by atoms with Crippen LogP contribution in [0.15, 0.2) is 4.99 Å². The molecule has 3 atom stereocenters. The molecule has 0 aromatic heterocycles. The SMILES string of the molecule is CC(C)[C@H](NC(=O)[C@H](CC(=O)O)NC(=O)CNC(=O)[C@H](CCCN=C(N)N)NC(=O)C1CC(C)(C)N([O])C(C)(C)C1)C(=O)O. The summed E-state index contributed by atoms with van der Waals surface area (Å²) in [6.07, 6.45) is 0.0549. The zero-order valence-electron chi connectivity index (χ0n) is 26.1. The van der Waals surface area contributed by atoms with Gasteiger partial charge < -0.3 is 42.9 Å². The highest BCUT2D eigenvalue weighted by Gasteiger charge is 2.48. The summed E-state index contributed by atoms with van der Waals surface area (Å²) in [6.45, 7) is 9.52. The molecule has 17 heteroatoms. The van der Waals surface area contributed by atoms with Crippen molar-refractivity contribution < 1.29 is 44.2 Å². The Labute approximate surface area is 256 Å². The van der Waals surface area contributed by atoms with Gasteiger partial charge in [0.2, 0.25) is 23.6 Å². The highest BCUT2D eigenvalue weighted by Crippen LogP contribution is 2.40. The van der Waals surface area contributed by atoms with E-state index in [0.717, 1.165) is 5.06 Å². The number of nitrogens with two attached hydrogens (primary N) is 2. The molecule has 1 rings (SSSR count). The molecule has 0 aromatic carbocycles. The van der Waals surface area contributed by atoms with Crippen LogP contribution in [-0.4, -0.2) is 99.1 Å². The summed E-state index contributed by atoms with van der Waals surface area (Å²) in [5.41, 5.74) is 9.04. The molecule has 0 aromatic rings. The van der Waals surface area contributed by atoms with Gasteiger partial charge in [-0.3, -0.25) is 29.0 Å². The fraction of sp³-hybridized carbons (Fsp3) is 0.741. The van der Waals surface area contributed by atoms with Crippen LogP contribution in [0.1, 0.15) is 73.6 Å². The number of amides is 4. The molecule has 10 N–H and O–H groups in total. The Kier molecular flexibility index (Phi) is 14.0. The molecule has 1 aliphatic rings. The van der Waals surface area contributed by atoms with Crippen LogP contribution in [0.25, 0.3) is 0 Å². The lowest BCUT2D eigenvalue weighted by molar-refractivity contribution is -0.292. The van der Waals surface area contributed by atoms with Crippen molar-refractivity contribution in [1.82, 2.24) is 26.3 Å². The van der Waals surface area contributed by atoms with Crippen LogP contribution in [0.4, 0.5) is 0 Å². The average molecular weight is 628 g/mol. The van der Waals surface area contributed by atoms with Gasteiger partial charge in [-0.05, 0) is 59.3 Å². The van der Waals surface area contributed by atoms with E-state index in [1.54, 1.807) is 41.5 Å². The summed E-state index contributed by atoms with van der Waals surface area (Å²) < 4.78 is 0. The molecule has 0 aliphatic carbocycles. The maximum Gasteiger partial charge on any atom is 0.326 e. The minimum absolute atomic E-state index is 0.0962. The maximum atomic E-state index is 13.3. The fourth-order valence-corrected chi connectivity index (χ4v) is 5.20. The Morgan fingerprint density at radius 1 is 0.909 bits per heavy atom. The number of carboxylic acids is 2. The second kappa shape index (κ2) is 16.2. The second-order valence-electron chi connectivity index (χ2n) is 12.5. The van der Waals surface area contributed by atoms with Crippen LogP contribution in [0.5, 0.6) is 0 Å². The van der Waals surface area contributed by atoms with Crippen molar-refractivity contribution in [1.29, 1.82) is 0 Å². The Morgan fingerprint density at radius 2 is 1.48 bits per heavy atom. The number of nitrogens with zero attached hydrogens (tertiary/aromatic N) is 2. The van der Waals surface area contributed by atoms with E-state index in [-0.39, 0.29) is 31.8 Å². The summed E-state index contributed by atoms with van der Waals surface area (Å²) in [4.78, 5) is 78.2. The lowest BCUT2D eigenvalue weighted by Crippen LogP contribution is -2.61. The number of hydrogen-bond acceptors (Lipinski definition) is 8. The summed E-state index contributed by atoms with van der Waals surface area (Å²) in [5, 5.41) is 41.7. The lowest BCUT2D eigenvalue weighted by atomic mass is 9.75. The Morgan fingerprint density at radius 3 is 1.95 bits per heavy atom.